The molecule has 0 atom stereocenters. The summed E-state index contributed by atoms with van der Waals surface area (Å²) in [6.07, 6.45) is 26.5. The van der Waals surface area contributed by atoms with Gasteiger partial charge in [-0.05, 0) is 51.9 Å². The van der Waals surface area contributed by atoms with Crippen LogP contribution in [0.3, 0.4) is 0 Å². The lowest BCUT2D eigenvalue weighted by atomic mass is 10.1. The van der Waals surface area contributed by atoms with E-state index in [-0.39, 0.29) is 0 Å². The van der Waals surface area contributed by atoms with Gasteiger partial charge in [-0.15, -0.1) is 0 Å². The topological polar surface area (TPSA) is 37.3 Å². The number of carboxylic acid groups (broad SMARTS) is 1. The summed E-state index contributed by atoms with van der Waals surface area (Å²) in [6, 6.07) is 0. The maximum Gasteiger partial charge on any atom is 0.330 e. The number of allylic oxidation sites excluding steroid dienone is 7. The van der Waals surface area contributed by atoms with Gasteiger partial charge < -0.3 is 5.11 Å². The van der Waals surface area contributed by atoms with Crippen molar-refractivity contribution in [3.63, 3.8) is 0 Å². The molecule has 0 saturated heterocycles. The number of carbonyl (C=O) groups is 1. The molecule has 23 heavy (non-hydrogen) atoms. The fraction of sp³-hybridized carbons (Fsp3) is 0.571. The van der Waals surface area contributed by atoms with E-state index < -0.39 is 5.97 Å². The van der Waals surface area contributed by atoms with Crippen LogP contribution in [0.15, 0.2) is 48.1 Å². The molecule has 0 fully saturated rings. The summed E-state index contributed by atoms with van der Waals surface area (Å²) in [5, 5.41) is 8.73. The van der Waals surface area contributed by atoms with E-state index in [2.05, 4.69) is 43.4 Å². The van der Waals surface area contributed by atoms with Gasteiger partial charge in [-0.3, -0.25) is 0 Å². The Morgan fingerprint density at radius 1 is 0.783 bits per heavy atom. The van der Waals surface area contributed by atoms with Crippen molar-refractivity contribution in [2.75, 3.05) is 0 Å². The third-order valence-corrected chi connectivity index (χ3v) is 3.64. The highest BCUT2D eigenvalue weighted by Gasteiger charge is 1.97. The van der Waals surface area contributed by atoms with E-state index in [0.717, 1.165) is 32.1 Å². The second-order valence-electron chi connectivity index (χ2n) is 5.83. The molecule has 0 spiro atoms. The average Bonchev–Trinajstić information content (AvgIpc) is 2.54. The number of hydrogen-bond donors (Lipinski definition) is 1. The molecule has 2 heteroatoms. The maximum atomic E-state index is 10.6. The van der Waals surface area contributed by atoms with Crippen molar-refractivity contribution in [3.8, 4) is 0 Å². The van der Waals surface area contributed by atoms with Crippen LogP contribution in [0.4, 0.5) is 0 Å². The molecule has 0 aliphatic heterocycles. The van der Waals surface area contributed by atoms with Crippen LogP contribution >= 0.6 is 0 Å². The first-order chi connectivity index (χ1) is 11.2. The molecule has 0 amide bonds. The van der Waals surface area contributed by atoms with Crippen molar-refractivity contribution in [1.29, 1.82) is 0 Å². The van der Waals surface area contributed by atoms with Crippen molar-refractivity contribution >= 4 is 5.97 Å². The Morgan fingerprint density at radius 3 is 1.91 bits per heavy atom. The van der Waals surface area contributed by atoms with E-state index in [9.17, 15) is 4.79 Å². The minimum Gasteiger partial charge on any atom is -0.478 e. The molecule has 0 aromatic rings. The van der Waals surface area contributed by atoms with E-state index in [0.29, 0.717) is 5.57 Å². The van der Waals surface area contributed by atoms with Gasteiger partial charge in [0.25, 0.3) is 0 Å². The van der Waals surface area contributed by atoms with Crippen LogP contribution in [0, 0.1) is 0 Å². The molecule has 0 radical (unpaired) electrons. The molecule has 0 heterocycles. The van der Waals surface area contributed by atoms with Crippen LogP contribution in [-0.4, -0.2) is 11.1 Å². The Morgan fingerprint density at radius 2 is 1.30 bits per heavy atom. The Hall–Kier alpha value is -1.57. The van der Waals surface area contributed by atoms with Gasteiger partial charge in [0.2, 0.25) is 0 Å². The lowest BCUT2D eigenvalue weighted by Gasteiger charge is -1.99. The van der Waals surface area contributed by atoms with E-state index >= 15 is 0 Å². The fourth-order valence-corrected chi connectivity index (χ4v) is 2.17. The highest BCUT2D eigenvalue weighted by molar-refractivity contribution is 5.85. The minimum atomic E-state index is -0.802. The SMILES string of the molecule is CC/C=C\C/C=C\C/C=C\CCCCCCC/C=C(\C)C(=O)O. The molecule has 0 unspecified atom stereocenters. The summed E-state index contributed by atoms with van der Waals surface area (Å²) >= 11 is 0. The summed E-state index contributed by atoms with van der Waals surface area (Å²) in [7, 11) is 0. The minimum absolute atomic E-state index is 0.463. The van der Waals surface area contributed by atoms with Crippen LogP contribution in [0.25, 0.3) is 0 Å². The maximum absolute atomic E-state index is 10.6. The standard InChI is InChI=1S/C21H34O2/c1-3-4-5-6-7-8-9-10-11-12-13-14-15-16-17-18-19-20(2)21(22)23/h4-5,7-8,10-11,19H,3,6,9,12-18H2,1-2H3,(H,22,23)/b5-4-,8-7-,11-10-,20-19+. The summed E-state index contributed by atoms with van der Waals surface area (Å²) < 4.78 is 0. The van der Waals surface area contributed by atoms with Crippen molar-refractivity contribution in [2.24, 2.45) is 0 Å². The Kier molecular flexibility index (Phi) is 15.6. The van der Waals surface area contributed by atoms with Gasteiger partial charge in [-0.1, -0.05) is 68.7 Å². The first-order valence-corrected chi connectivity index (χ1v) is 9.03. The third-order valence-electron chi connectivity index (χ3n) is 3.64. The molecule has 0 bridgehead atoms. The lowest BCUT2D eigenvalue weighted by molar-refractivity contribution is -0.132. The summed E-state index contributed by atoms with van der Waals surface area (Å²) in [4.78, 5) is 10.6. The third kappa shape index (κ3) is 16.6. The number of aliphatic carboxylic acids is 1. The van der Waals surface area contributed by atoms with E-state index in [1.807, 2.05) is 6.08 Å². The molecule has 0 saturated carbocycles. The van der Waals surface area contributed by atoms with Gasteiger partial charge in [0.15, 0.2) is 0 Å². The normalized spacial score (nSPS) is 12.9. The molecule has 0 aliphatic rings. The second kappa shape index (κ2) is 16.8. The van der Waals surface area contributed by atoms with E-state index in [1.54, 1.807) is 6.92 Å². The van der Waals surface area contributed by atoms with E-state index in [1.165, 1.54) is 32.1 Å². The molecule has 0 aliphatic carbocycles. The summed E-state index contributed by atoms with van der Waals surface area (Å²) in [5.74, 6) is -0.802. The number of rotatable bonds is 14. The van der Waals surface area contributed by atoms with Crippen LogP contribution in [0.2, 0.25) is 0 Å². The van der Waals surface area contributed by atoms with Crippen LogP contribution in [-0.2, 0) is 4.79 Å². The summed E-state index contributed by atoms with van der Waals surface area (Å²) in [6.45, 7) is 3.81. The molecule has 0 rings (SSSR count). The average molecular weight is 319 g/mol. The molecular formula is C21H34O2. The highest BCUT2D eigenvalue weighted by atomic mass is 16.4. The number of hydrogen-bond acceptors (Lipinski definition) is 1. The predicted molar refractivity (Wildman–Crippen MR) is 101 cm³/mol. The summed E-state index contributed by atoms with van der Waals surface area (Å²) in [5.41, 5.74) is 0.463. The Labute approximate surface area is 142 Å². The van der Waals surface area contributed by atoms with Crippen LogP contribution < -0.4 is 0 Å². The van der Waals surface area contributed by atoms with Gasteiger partial charge in [0, 0.05) is 5.57 Å². The molecule has 130 valence electrons. The fourth-order valence-electron chi connectivity index (χ4n) is 2.17. The first kappa shape index (κ1) is 21.4. The zero-order valence-electron chi connectivity index (χ0n) is 15.0. The van der Waals surface area contributed by atoms with Gasteiger partial charge in [0.1, 0.15) is 0 Å². The Balaban J connectivity index is 3.36. The molecule has 1 N–H and O–H groups in total. The number of carboxylic acids is 1. The monoisotopic (exact) mass is 318 g/mol. The van der Waals surface area contributed by atoms with Crippen molar-refractivity contribution in [2.45, 2.75) is 78.1 Å². The Bertz CT molecular complexity index is 400. The van der Waals surface area contributed by atoms with E-state index in [4.69, 9.17) is 5.11 Å². The van der Waals surface area contributed by atoms with Crippen molar-refractivity contribution < 1.29 is 9.90 Å². The molecular weight excluding hydrogens is 284 g/mol. The van der Waals surface area contributed by atoms with Crippen molar-refractivity contribution in [1.82, 2.24) is 0 Å². The first-order valence-electron chi connectivity index (χ1n) is 9.03. The highest BCUT2D eigenvalue weighted by Crippen LogP contribution is 2.09. The van der Waals surface area contributed by atoms with Crippen LogP contribution in [0.1, 0.15) is 78.1 Å². The molecule has 0 aromatic heterocycles. The van der Waals surface area contributed by atoms with Crippen molar-refractivity contribution in [3.05, 3.63) is 48.1 Å². The predicted octanol–water partition coefficient (Wildman–Crippen LogP) is 6.61. The van der Waals surface area contributed by atoms with Gasteiger partial charge in [-0.25, -0.2) is 4.79 Å². The lowest BCUT2D eigenvalue weighted by Crippen LogP contribution is -1.95. The second-order valence-corrected chi connectivity index (χ2v) is 5.83. The van der Waals surface area contributed by atoms with Gasteiger partial charge in [0.05, 0.1) is 0 Å². The number of unbranched alkanes of at least 4 members (excludes halogenated alkanes) is 6. The smallest absolute Gasteiger partial charge is 0.330 e. The van der Waals surface area contributed by atoms with Gasteiger partial charge >= 0.3 is 5.97 Å². The molecule has 2 nitrogen and oxygen atoms in total. The van der Waals surface area contributed by atoms with Gasteiger partial charge in [-0.2, -0.15) is 0 Å². The zero-order valence-corrected chi connectivity index (χ0v) is 15.0. The largest absolute Gasteiger partial charge is 0.478 e. The van der Waals surface area contributed by atoms with Crippen LogP contribution in [0.5, 0.6) is 0 Å². The quantitative estimate of drug-likeness (QED) is 0.222. The zero-order chi connectivity index (χ0) is 17.2. The molecule has 0 aromatic carbocycles.